The van der Waals surface area contributed by atoms with Crippen molar-refractivity contribution in [2.45, 2.75) is 24.8 Å². The van der Waals surface area contributed by atoms with E-state index >= 15 is 0 Å². The summed E-state index contributed by atoms with van der Waals surface area (Å²) in [5.41, 5.74) is 5.47. The zero-order valence-electron chi connectivity index (χ0n) is 7.03. The molecule has 0 spiro atoms. The van der Waals surface area contributed by atoms with Gasteiger partial charge in [-0.1, -0.05) is 0 Å². The van der Waals surface area contributed by atoms with Crippen molar-refractivity contribution in [2.24, 2.45) is 5.73 Å². The molecule has 5 heteroatoms. The smallest absolute Gasteiger partial charge is 0.404 e. The number of rotatable bonds is 2. The lowest BCUT2D eigenvalue weighted by Crippen LogP contribution is -2.42. The highest BCUT2D eigenvalue weighted by atomic mass is 16.6. The molecular weight excluding hydrogens is 172 g/mol. The van der Waals surface area contributed by atoms with Crippen molar-refractivity contribution in [2.75, 3.05) is 0 Å². The van der Waals surface area contributed by atoms with Gasteiger partial charge < -0.3 is 10.2 Å². The van der Waals surface area contributed by atoms with Gasteiger partial charge in [0.25, 0.3) is 0 Å². The van der Waals surface area contributed by atoms with Crippen LogP contribution in [0, 0.1) is 10.1 Å². The Morgan fingerprint density at radius 3 is 2.62 bits per heavy atom. The van der Waals surface area contributed by atoms with Crippen LogP contribution >= 0.6 is 0 Å². The van der Waals surface area contributed by atoms with E-state index in [2.05, 4.69) is 0 Å². The summed E-state index contributed by atoms with van der Waals surface area (Å²) in [6.07, 6.45) is 2.75. The molecule has 1 aliphatic rings. The summed E-state index contributed by atoms with van der Waals surface area (Å²) in [5.74, 6) is 0.303. The van der Waals surface area contributed by atoms with E-state index in [4.69, 9.17) is 10.2 Å². The van der Waals surface area contributed by atoms with E-state index in [1.165, 1.54) is 6.07 Å². The monoisotopic (exact) mass is 182 g/mol. The highest BCUT2D eigenvalue weighted by Crippen LogP contribution is 2.40. The van der Waals surface area contributed by atoms with Crippen LogP contribution in [0.25, 0.3) is 0 Å². The van der Waals surface area contributed by atoms with Crippen LogP contribution in [0.2, 0.25) is 0 Å². The third-order valence-electron chi connectivity index (χ3n) is 2.51. The maximum Gasteiger partial charge on any atom is 0.433 e. The molecule has 1 aromatic rings. The summed E-state index contributed by atoms with van der Waals surface area (Å²) < 4.78 is 5.03. The lowest BCUT2D eigenvalue weighted by molar-refractivity contribution is -0.402. The van der Waals surface area contributed by atoms with Gasteiger partial charge in [0.1, 0.15) is 10.7 Å². The normalized spacial score (nSPS) is 19.5. The van der Waals surface area contributed by atoms with Crippen molar-refractivity contribution in [3.8, 4) is 0 Å². The van der Waals surface area contributed by atoms with Crippen LogP contribution in [0.1, 0.15) is 25.0 Å². The molecule has 1 aliphatic carbocycles. The van der Waals surface area contributed by atoms with Crippen LogP contribution in [0.5, 0.6) is 0 Å². The molecule has 0 saturated heterocycles. The molecule has 1 aromatic heterocycles. The Balaban J connectivity index is 2.27. The molecule has 1 saturated carbocycles. The van der Waals surface area contributed by atoms with Crippen molar-refractivity contribution in [1.82, 2.24) is 0 Å². The fourth-order valence-electron chi connectivity index (χ4n) is 1.50. The molecule has 0 unspecified atom stereocenters. The molecule has 70 valence electrons. The minimum atomic E-state index is -0.550. The lowest BCUT2D eigenvalue weighted by Gasteiger charge is -2.35. The van der Waals surface area contributed by atoms with Crippen LogP contribution in [-0.2, 0) is 5.54 Å². The van der Waals surface area contributed by atoms with Gasteiger partial charge in [-0.2, -0.15) is 0 Å². The van der Waals surface area contributed by atoms with Gasteiger partial charge in [-0.15, -0.1) is 0 Å². The van der Waals surface area contributed by atoms with Crippen LogP contribution in [0.4, 0.5) is 5.88 Å². The predicted molar refractivity (Wildman–Crippen MR) is 45.1 cm³/mol. The van der Waals surface area contributed by atoms with E-state index in [-0.39, 0.29) is 5.88 Å². The molecule has 0 amide bonds. The average Bonchev–Trinajstić information content (AvgIpc) is 2.48. The summed E-state index contributed by atoms with van der Waals surface area (Å²) in [6.45, 7) is 0. The van der Waals surface area contributed by atoms with E-state index in [1.54, 1.807) is 6.07 Å². The molecule has 1 fully saturated rings. The highest BCUT2D eigenvalue weighted by molar-refractivity contribution is 5.24. The second kappa shape index (κ2) is 2.56. The maximum absolute atomic E-state index is 10.3. The number of nitrogens with zero attached hydrogens (tertiary/aromatic N) is 1. The van der Waals surface area contributed by atoms with E-state index in [9.17, 15) is 10.1 Å². The molecule has 1 heterocycles. The summed E-state index contributed by atoms with van der Waals surface area (Å²) in [5, 5.41) is 10.3. The average molecular weight is 182 g/mol. The molecular formula is C8H10N2O3. The van der Waals surface area contributed by atoms with Gasteiger partial charge in [-0.05, 0) is 25.3 Å². The van der Waals surface area contributed by atoms with Crippen LogP contribution < -0.4 is 5.73 Å². The van der Waals surface area contributed by atoms with Crippen molar-refractivity contribution >= 4 is 5.88 Å². The van der Waals surface area contributed by atoms with Gasteiger partial charge >= 0.3 is 5.88 Å². The summed E-state index contributed by atoms with van der Waals surface area (Å²) in [6, 6.07) is 2.94. The first-order valence-corrected chi connectivity index (χ1v) is 4.15. The Morgan fingerprint density at radius 2 is 2.23 bits per heavy atom. The molecule has 13 heavy (non-hydrogen) atoms. The Morgan fingerprint density at radius 1 is 1.54 bits per heavy atom. The first-order valence-electron chi connectivity index (χ1n) is 4.15. The molecule has 2 rings (SSSR count). The van der Waals surface area contributed by atoms with Gasteiger partial charge in [-0.25, -0.2) is 0 Å². The molecule has 0 aliphatic heterocycles. The Bertz CT molecular complexity index is 341. The first-order chi connectivity index (χ1) is 6.12. The standard InChI is InChI=1S/C8H10N2O3/c9-8(4-1-5-8)6-2-3-7(13-6)10(11)12/h2-3H,1,4-5,9H2. The van der Waals surface area contributed by atoms with Crippen molar-refractivity contribution in [1.29, 1.82) is 0 Å². The molecule has 5 nitrogen and oxygen atoms in total. The molecule has 0 aromatic carbocycles. The van der Waals surface area contributed by atoms with Crippen molar-refractivity contribution in [3.05, 3.63) is 28.0 Å². The second-order valence-electron chi connectivity index (χ2n) is 3.40. The van der Waals surface area contributed by atoms with Gasteiger partial charge in [0, 0.05) is 0 Å². The van der Waals surface area contributed by atoms with Crippen LogP contribution in [-0.4, -0.2) is 4.92 Å². The largest absolute Gasteiger partial charge is 0.433 e. The summed E-state index contributed by atoms with van der Waals surface area (Å²) in [4.78, 5) is 9.77. The number of nitrogens with two attached hydrogens (primary N) is 1. The minimum Gasteiger partial charge on any atom is -0.404 e. The van der Waals surface area contributed by atoms with Crippen molar-refractivity contribution in [3.63, 3.8) is 0 Å². The SMILES string of the molecule is NC1(c2ccc([N+](=O)[O-])o2)CCC1. The fraction of sp³-hybridized carbons (Fsp3) is 0.500. The number of hydrogen-bond acceptors (Lipinski definition) is 4. The molecule has 2 N–H and O–H groups in total. The zero-order chi connectivity index (χ0) is 9.47. The molecule has 0 atom stereocenters. The molecule has 0 bridgehead atoms. The zero-order valence-corrected chi connectivity index (χ0v) is 7.03. The van der Waals surface area contributed by atoms with E-state index in [0.717, 1.165) is 19.3 Å². The van der Waals surface area contributed by atoms with E-state index in [1.807, 2.05) is 0 Å². The lowest BCUT2D eigenvalue weighted by atomic mass is 9.76. The van der Waals surface area contributed by atoms with E-state index < -0.39 is 10.5 Å². The topological polar surface area (TPSA) is 82.3 Å². The van der Waals surface area contributed by atoms with Gasteiger partial charge in [0.15, 0.2) is 0 Å². The molecule has 0 radical (unpaired) electrons. The minimum absolute atomic E-state index is 0.230. The highest BCUT2D eigenvalue weighted by Gasteiger charge is 2.38. The van der Waals surface area contributed by atoms with E-state index in [0.29, 0.717) is 5.76 Å². The van der Waals surface area contributed by atoms with Gasteiger partial charge in [0.2, 0.25) is 0 Å². The maximum atomic E-state index is 10.3. The quantitative estimate of drug-likeness (QED) is 0.555. The van der Waals surface area contributed by atoms with Crippen LogP contribution in [0.3, 0.4) is 0 Å². The summed E-state index contributed by atoms with van der Waals surface area (Å²) in [7, 11) is 0. The van der Waals surface area contributed by atoms with Gasteiger partial charge in [0.05, 0.1) is 11.6 Å². The summed E-state index contributed by atoms with van der Waals surface area (Å²) >= 11 is 0. The number of furan rings is 1. The Kier molecular flexibility index (Phi) is 1.63. The number of nitro groups is 1. The van der Waals surface area contributed by atoms with Gasteiger partial charge in [-0.3, -0.25) is 10.1 Å². The fourth-order valence-corrected chi connectivity index (χ4v) is 1.50. The van der Waals surface area contributed by atoms with Crippen LogP contribution in [0.15, 0.2) is 16.5 Å². The Labute approximate surface area is 74.7 Å². The third kappa shape index (κ3) is 1.21. The van der Waals surface area contributed by atoms with Crippen molar-refractivity contribution < 1.29 is 9.34 Å². The Hall–Kier alpha value is -1.36. The second-order valence-corrected chi connectivity index (χ2v) is 3.40. The predicted octanol–water partition coefficient (Wildman–Crippen LogP) is 1.53. The first kappa shape index (κ1) is 8.25. The number of hydrogen-bond donors (Lipinski definition) is 1. The third-order valence-corrected chi connectivity index (χ3v) is 2.51.